The number of sulfonamides is 1. The summed E-state index contributed by atoms with van der Waals surface area (Å²) in [6.45, 7) is 0. The summed E-state index contributed by atoms with van der Waals surface area (Å²) in [5, 5.41) is 11.1. The van der Waals surface area contributed by atoms with Crippen LogP contribution < -0.4 is 4.72 Å². The highest BCUT2D eigenvalue weighted by atomic mass is 35.5. The van der Waals surface area contributed by atoms with Crippen molar-refractivity contribution in [3.05, 3.63) is 58.7 Å². The summed E-state index contributed by atoms with van der Waals surface area (Å²) in [4.78, 5) is 4.08. The third-order valence-electron chi connectivity index (χ3n) is 3.05. The first-order valence-electron chi connectivity index (χ1n) is 6.58. The van der Waals surface area contributed by atoms with Crippen LogP contribution >= 0.6 is 22.9 Å². The number of phenols is 1. The van der Waals surface area contributed by atoms with Crippen LogP contribution in [0.1, 0.15) is 0 Å². The second-order valence-corrected chi connectivity index (χ2v) is 7.66. The Morgan fingerprint density at radius 1 is 1.17 bits per heavy atom. The van der Waals surface area contributed by atoms with Crippen molar-refractivity contribution in [3.63, 3.8) is 0 Å². The van der Waals surface area contributed by atoms with E-state index in [-0.39, 0.29) is 27.3 Å². The first kappa shape index (κ1) is 16.7. The summed E-state index contributed by atoms with van der Waals surface area (Å²) in [6.07, 6.45) is 0. The van der Waals surface area contributed by atoms with Gasteiger partial charge in [0.15, 0.2) is 5.03 Å². The Kier molecular flexibility index (Phi) is 4.44. The van der Waals surface area contributed by atoms with Crippen molar-refractivity contribution >= 4 is 38.6 Å². The lowest BCUT2D eigenvalue weighted by molar-refractivity contribution is 0.475. The van der Waals surface area contributed by atoms with Gasteiger partial charge in [-0.05, 0) is 42.5 Å². The van der Waals surface area contributed by atoms with Gasteiger partial charge in [0.25, 0.3) is 10.0 Å². The molecule has 0 spiro atoms. The zero-order chi connectivity index (χ0) is 17.3. The molecule has 0 bridgehead atoms. The van der Waals surface area contributed by atoms with Crippen molar-refractivity contribution in [2.24, 2.45) is 0 Å². The van der Waals surface area contributed by atoms with Gasteiger partial charge >= 0.3 is 0 Å². The van der Waals surface area contributed by atoms with Crippen LogP contribution in [0.5, 0.6) is 5.75 Å². The number of aromatic hydroxyl groups is 1. The number of anilines is 1. The Labute approximate surface area is 146 Å². The molecular formula is C15H10ClFN2O3S2. The molecule has 2 aromatic carbocycles. The van der Waals surface area contributed by atoms with Crippen LogP contribution in [-0.4, -0.2) is 18.5 Å². The lowest BCUT2D eigenvalue weighted by Crippen LogP contribution is -2.13. The van der Waals surface area contributed by atoms with E-state index in [4.69, 9.17) is 11.6 Å². The van der Waals surface area contributed by atoms with Crippen molar-refractivity contribution in [1.29, 1.82) is 0 Å². The van der Waals surface area contributed by atoms with Crippen LogP contribution in [0.25, 0.3) is 10.6 Å². The molecule has 0 aliphatic heterocycles. The summed E-state index contributed by atoms with van der Waals surface area (Å²) in [7, 11) is -3.90. The maximum atomic E-state index is 12.9. The van der Waals surface area contributed by atoms with E-state index >= 15 is 0 Å². The SMILES string of the molecule is O=S(=O)(Nc1ccc(O)c(Cl)c1)c1csc(-c2ccc(F)cc2)n1. The number of nitrogens with one attached hydrogen (secondary N) is 1. The van der Waals surface area contributed by atoms with Crippen LogP contribution in [0.3, 0.4) is 0 Å². The van der Waals surface area contributed by atoms with Crippen LogP contribution in [0.2, 0.25) is 5.02 Å². The number of phenolic OH excluding ortho intramolecular Hbond substituents is 1. The van der Waals surface area contributed by atoms with Crippen molar-refractivity contribution in [3.8, 4) is 16.3 Å². The standard InChI is InChI=1S/C15H10ClFN2O3S2/c16-12-7-11(5-6-13(12)20)19-24(21,22)14-8-23-15(18-14)9-1-3-10(17)4-2-9/h1-8,19-20H. The van der Waals surface area contributed by atoms with Crippen molar-refractivity contribution in [1.82, 2.24) is 4.98 Å². The Balaban J connectivity index is 1.87. The number of hydrogen-bond acceptors (Lipinski definition) is 5. The zero-order valence-corrected chi connectivity index (χ0v) is 14.3. The minimum atomic E-state index is -3.90. The number of benzene rings is 2. The van der Waals surface area contributed by atoms with Crippen LogP contribution in [0.4, 0.5) is 10.1 Å². The van der Waals surface area contributed by atoms with E-state index in [0.29, 0.717) is 10.6 Å². The normalized spacial score (nSPS) is 11.4. The molecule has 1 heterocycles. The van der Waals surface area contributed by atoms with E-state index in [2.05, 4.69) is 9.71 Å². The lowest BCUT2D eigenvalue weighted by Gasteiger charge is -2.06. The maximum absolute atomic E-state index is 12.9. The van der Waals surface area contributed by atoms with Gasteiger partial charge in [-0.25, -0.2) is 9.37 Å². The van der Waals surface area contributed by atoms with Gasteiger partial charge in [0.05, 0.1) is 10.7 Å². The average molecular weight is 385 g/mol. The highest BCUT2D eigenvalue weighted by Crippen LogP contribution is 2.29. The molecule has 0 fully saturated rings. The fourth-order valence-electron chi connectivity index (χ4n) is 1.89. The number of aromatic nitrogens is 1. The average Bonchev–Trinajstić information content (AvgIpc) is 3.02. The van der Waals surface area contributed by atoms with E-state index in [9.17, 15) is 17.9 Å². The molecule has 3 aromatic rings. The number of thiazole rings is 1. The van der Waals surface area contributed by atoms with Crippen molar-refractivity contribution in [2.75, 3.05) is 4.72 Å². The molecule has 0 aliphatic rings. The van der Waals surface area contributed by atoms with E-state index in [1.165, 1.54) is 47.8 Å². The number of nitrogens with zero attached hydrogens (tertiary/aromatic N) is 1. The lowest BCUT2D eigenvalue weighted by atomic mass is 10.2. The van der Waals surface area contributed by atoms with Crippen molar-refractivity contribution in [2.45, 2.75) is 5.03 Å². The molecule has 2 N–H and O–H groups in total. The topological polar surface area (TPSA) is 79.3 Å². The van der Waals surface area contributed by atoms with Crippen molar-refractivity contribution < 1.29 is 17.9 Å². The van der Waals surface area contributed by atoms with Gasteiger partial charge in [-0.15, -0.1) is 11.3 Å². The molecule has 0 saturated heterocycles. The third-order valence-corrected chi connectivity index (χ3v) is 5.66. The van der Waals surface area contributed by atoms with Crippen LogP contribution in [-0.2, 0) is 10.0 Å². The summed E-state index contributed by atoms with van der Waals surface area (Å²) < 4.78 is 40.0. The Bertz CT molecular complexity index is 988. The van der Waals surface area contributed by atoms with Gasteiger partial charge in [-0.3, -0.25) is 4.72 Å². The van der Waals surface area contributed by atoms with Gasteiger partial charge in [0.1, 0.15) is 16.6 Å². The molecule has 0 atom stereocenters. The second-order valence-electron chi connectivity index (χ2n) is 4.77. The Morgan fingerprint density at radius 2 is 1.88 bits per heavy atom. The predicted octanol–water partition coefficient (Wildman–Crippen LogP) is 4.11. The molecule has 1 aromatic heterocycles. The molecular weight excluding hydrogens is 375 g/mol. The Morgan fingerprint density at radius 3 is 2.54 bits per heavy atom. The number of rotatable bonds is 4. The molecule has 24 heavy (non-hydrogen) atoms. The molecule has 0 radical (unpaired) electrons. The summed E-state index contributed by atoms with van der Waals surface area (Å²) in [5.74, 6) is -0.527. The monoisotopic (exact) mass is 384 g/mol. The fourth-order valence-corrected chi connectivity index (χ4v) is 4.22. The smallest absolute Gasteiger partial charge is 0.280 e. The molecule has 0 amide bonds. The molecule has 5 nitrogen and oxygen atoms in total. The quantitative estimate of drug-likeness (QED) is 0.663. The van der Waals surface area contributed by atoms with Gasteiger partial charge in [-0.2, -0.15) is 8.42 Å². The second kappa shape index (κ2) is 6.39. The van der Waals surface area contributed by atoms with Gasteiger partial charge in [-0.1, -0.05) is 11.6 Å². The van der Waals surface area contributed by atoms with E-state index in [1.54, 1.807) is 0 Å². The number of hydrogen-bond donors (Lipinski definition) is 2. The summed E-state index contributed by atoms with van der Waals surface area (Å²) >= 11 is 6.89. The minimum Gasteiger partial charge on any atom is -0.506 e. The first-order chi connectivity index (χ1) is 11.3. The third kappa shape index (κ3) is 3.50. The van der Waals surface area contributed by atoms with E-state index in [1.807, 2.05) is 0 Å². The van der Waals surface area contributed by atoms with E-state index < -0.39 is 10.0 Å². The molecule has 3 rings (SSSR count). The molecule has 9 heteroatoms. The predicted molar refractivity (Wildman–Crippen MR) is 91.4 cm³/mol. The van der Waals surface area contributed by atoms with Crippen LogP contribution in [0.15, 0.2) is 52.9 Å². The highest BCUT2D eigenvalue weighted by molar-refractivity contribution is 7.92. The van der Waals surface area contributed by atoms with E-state index in [0.717, 1.165) is 11.3 Å². The summed E-state index contributed by atoms with van der Waals surface area (Å²) in [6, 6.07) is 9.57. The first-order valence-corrected chi connectivity index (χ1v) is 9.32. The molecule has 0 unspecified atom stereocenters. The molecule has 124 valence electrons. The largest absolute Gasteiger partial charge is 0.506 e. The maximum Gasteiger partial charge on any atom is 0.280 e. The molecule has 0 saturated carbocycles. The Hall–Kier alpha value is -2.16. The minimum absolute atomic E-state index is 0.0282. The zero-order valence-electron chi connectivity index (χ0n) is 11.9. The van der Waals surface area contributed by atoms with Gasteiger partial charge in [0.2, 0.25) is 0 Å². The van der Waals surface area contributed by atoms with Gasteiger partial charge < -0.3 is 5.11 Å². The van der Waals surface area contributed by atoms with Gasteiger partial charge in [0, 0.05) is 10.9 Å². The fraction of sp³-hybridized carbons (Fsp3) is 0. The summed E-state index contributed by atoms with van der Waals surface area (Å²) in [5.41, 5.74) is 0.824. The molecule has 0 aliphatic carbocycles. The highest BCUT2D eigenvalue weighted by Gasteiger charge is 2.19. The number of halogens is 2. The van der Waals surface area contributed by atoms with Crippen LogP contribution in [0, 0.1) is 5.82 Å².